The van der Waals surface area contributed by atoms with Crippen LogP contribution in [0.5, 0.6) is 0 Å². The van der Waals surface area contributed by atoms with Crippen LogP contribution in [-0.4, -0.2) is 68.3 Å². The van der Waals surface area contributed by atoms with Crippen LogP contribution < -0.4 is 10.6 Å². The largest absolute Gasteiger partial charge is 0.350 e. The summed E-state index contributed by atoms with van der Waals surface area (Å²) in [6, 6.07) is 9.54. The number of quaternary nitrogens is 1. The summed E-state index contributed by atoms with van der Waals surface area (Å²) >= 11 is 0. The van der Waals surface area contributed by atoms with Crippen LogP contribution in [0.3, 0.4) is 0 Å². The Kier molecular flexibility index (Phi) is 7.76. The van der Waals surface area contributed by atoms with Gasteiger partial charge in [0.05, 0.1) is 20.1 Å². The summed E-state index contributed by atoms with van der Waals surface area (Å²) in [7, 11) is 4.92. The van der Waals surface area contributed by atoms with Crippen LogP contribution in [-0.2, 0) is 20.9 Å². The van der Waals surface area contributed by atoms with E-state index in [1.807, 2.05) is 30.3 Å². The van der Waals surface area contributed by atoms with Gasteiger partial charge in [-0.3, -0.25) is 14.4 Å². The van der Waals surface area contributed by atoms with E-state index in [1.165, 1.54) is 9.80 Å². The van der Waals surface area contributed by atoms with Gasteiger partial charge in [0.1, 0.15) is 0 Å². The quantitative estimate of drug-likeness (QED) is 0.605. The average Bonchev–Trinajstić information content (AvgIpc) is 2.54. The molecule has 0 aromatic heterocycles. The standard InChI is InChI=1S/C16H24N4O3/c1-17-10-15(22)20(3)12-16(23)19(2)11-14(21)18-9-13-7-5-4-6-8-13/h4-8,17H,9-12H2,1-3H3,(H,18,21)/p+1. The van der Waals surface area contributed by atoms with Crippen molar-refractivity contribution in [1.82, 2.24) is 15.1 Å². The van der Waals surface area contributed by atoms with E-state index in [1.54, 1.807) is 26.5 Å². The molecule has 0 unspecified atom stereocenters. The maximum atomic E-state index is 12.0. The first-order chi connectivity index (χ1) is 10.9. The smallest absolute Gasteiger partial charge is 0.277 e. The van der Waals surface area contributed by atoms with E-state index in [9.17, 15) is 14.4 Å². The van der Waals surface area contributed by atoms with Crippen molar-refractivity contribution in [1.29, 1.82) is 0 Å². The Morgan fingerprint density at radius 1 is 1.00 bits per heavy atom. The van der Waals surface area contributed by atoms with E-state index < -0.39 is 0 Å². The van der Waals surface area contributed by atoms with E-state index in [0.29, 0.717) is 13.1 Å². The number of hydrogen-bond acceptors (Lipinski definition) is 3. The molecule has 0 saturated carbocycles. The molecule has 0 spiro atoms. The fourth-order valence-corrected chi connectivity index (χ4v) is 1.90. The number of nitrogens with two attached hydrogens (primary N) is 1. The minimum Gasteiger partial charge on any atom is -0.350 e. The molecule has 126 valence electrons. The minimum atomic E-state index is -0.271. The number of amides is 3. The van der Waals surface area contributed by atoms with Crippen LogP contribution in [0.15, 0.2) is 30.3 Å². The zero-order valence-corrected chi connectivity index (χ0v) is 13.9. The number of hydrogen-bond donors (Lipinski definition) is 2. The molecular formula is C16H25N4O3+. The fraction of sp³-hybridized carbons (Fsp3) is 0.438. The fourth-order valence-electron chi connectivity index (χ4n) is 1.90. The van der Waals surface area contributed by atoms with Gasteiger partial charge in [-0.2, -0.15) is 0 Å². The van der Waals surface area contributed by atoms with Crippen LogP contribution in [0.2, 0.25) is 0 Å². The van der Waals surface area contributed by atoms with Gasteiger partial charge in [-0.05, 0) is 5.56 Å². The van der Waals surface area contributed by atoms with Gasteiger partial charge >= 0.3 is 0 Å². The lowest BCUT2D eigenvalue weighted by molar-refractivity contribution is -0.616. The van der Waals surface area contributed by atoms with E-state index in [0.717, 1.165) is 5.56 Å². The number of benzene rings is 1. The van der Waals surface area contributed by atoms with Crippen LogP contribution in [0.4, 0.5) is 0 Å². The number of rotatable bonds is 8. The Bertz CT molecular complexity index is 533. The minimum absolute atomic E-state index is 0.0326. The summed E-state index contributed by atoms with van der Waals surface area (Å²) in [5.74, 6) is -0.629. The first kappa shape index (κ1) is 18.6. The van der Waals surface area contributed by atoms with Gasteiger partial charge in [-0.25, -0.2) is 0 Å². The Morgan fingerprint density at radius 2 is 1.61 bits per heavy atom. The molecule has 0 aliphatic rings. The third-order valence-corrected chi connectivity index (χ3v) is 3.32. The summed E-state index contributed by atoms with van der Waals surface area (Å²) in [5.41, 5.74) is 0.996. The van der Waals surface area contributed by atoms with Gasteiger partial charge in [0, 0.05) is 20.6 Å². The lowest BCUT2D eigenvalue weighted by atomic mass is 10.2. The molecule has 23 heavy (non-hydrogen) atoms. The van der Waals surface area contributed by atoms with Crippen LogP contribution in [0.1, 0.15) is 5.56 Å². The SMILES string of the molecule is C[NH2+]CC(=O)N(C)CC(=O)N(C)CC(=O)NCc1ccccc1. The molecule has 1 aromatic carbocycles. The molecule has 0 heterocycles. The van der Waals surface area contributed by atoms with Crippen LogP contribution >= 0.6 is 0 Å². The van der Waals surface area contributed by atoms with Gasteiger partial charge < -0.3 is 20.4 Å². The Hall–Kier alpha value is -2.41. The maximum Gasteiger partial charge on any atom is 0.277 e. The van der Waals surface area contributed by atoms with Crippen molar-refractivity contribution in [2.75, 3.05) is 40.8 Å². The second kappa shape index (κ2) is 9.58. The van der Waals surface area contributed by atoms with Crippen molar-refractivity contribution < 1.29 is 19.7 Å². The average molecular weight is 321 g/mol. The van der Waals surface area contributed by atoms with Crippen molar-refractivity contribution in [3.05, 3.63) is 35.9 Å². The van der Waals surface area contributed by atoms with Crippen molar-refractivity contribution in [2.24, 2.45) is 0 Å². The molecule has 1 rings (SSSR count). The number of nitrogens with one attached hydrogen (secondary N) is 1. The van der Waals surface area contributed by atoms with Gasteiger partial charge in [0.15, 0.2) is 6.54 Å². The Morgan fingerprint density at radius 3 is 2.22 bits per heavy atom. The summed E-state index contributed by atoms with van der Waals surface area (Å²) in [6.07, 6.45) is 0. The van der Waals surface area contributed by atoms with Gasteiger partial charge in [-0.15, -0.1) is 0 Å². The molecule has 7 nitrogen and oxygen atoms in total. The second-order valence-corrected chi connectivity index (χ2v) is 5.37. The summed E-state index contributed by atoms with van der Waals surface area (Å²) in [4.78, 5) is 38.2. The molecule has 0 aliphatic carbocycles. The topological polar surface area (TPSA) is 86.3 Å². The van der Waals surface area contributed by atoms with E-state index in [2.05, 4.69) is 5.32 Å². The highest BCUT2D eigenvalue weighted by Gasteiger charge is 2.18. The number of carbonyl (C=O) groups excluding carboxylic acids is 3. The summed E-state index contributed by atoms with van der Waals surface area (Å²) in [6.45, 7) is 0.653. The first-order valence-corrected chi connectivity index (χ1v) is 7.50. The molecule has 0 aliphatic heterocycles. The third kappa shape index (κ3) is 6.92. The zero-order valence-electron chi connectivity index (χ0n) is 13.9. The molecule has 3 amide bonds. The number of likely N-dealkylation sites (N-methyl/N-ethyl adjacent to an activating group) is 3. The van der Waals surface area contributed by atoms with Gasteiger partial charge in [0.2, 0.25) is 11.8 Å². The van der Waals surface area contributed by atoms with E-state index >= 15 is 0 Å². The molecule has 0 radical (unpaired) electrons. The molecule has 7 heteroatoms. The number of carbonyl (C=O) groups is 3. The number of nitrogens with zero attached hydrogens (tertiary/aromatic N) is 2. The molecule has 3 N–H and O–H groups in total. The van der Waals surface area contributed by atoms with Crippen LogP contribution in [0.25, 0.3) is 0 Å². The van der Waals surface area contributed by atoms with E-state index in [4.69, 9.17) is 0 Å². The van der Waals surface area contributed by atoms with Crippen molar-refractivity contribution in [2.45, 2.75) is 6.54 Å². The van der Waals surface area contributed by atoms with Crippen LogP contribution in [0, 0.1) is 0 Å². The predicted octanol–water partition coefficient (Wildman–Crippen LogP) is -1.59. The summed E-state index contributed by atoms with van der Waals surface area (Å²) < 4.78 is 0. The molecule has 0 bridgehead atoms. The second-order valence-electron chi connectivity index (χ2n) is 5.37. The highest BCUT2D eigenvalue weighted by Crippen LogP contribution is 1.97. The highest BCUT2D eigenvalue weighted by atomic mass is 16.2. The van der Waals surface area contributed by atoms with Gasteiger partial charge in [0.25, 0.3) is 5.91 Å². The molecule has 0 saturated heterocycles. The maximum absolute atomic E-state index is 12.0. The lowest BCUT2D eigenvalue weighted by Crippen LogP contribution is -2.82. The van der Waals surface area contributed by atoms with Gasteiger partial charge in [-0.1, -0.05) is 30.3 Å². The monoisotopic (exact) mass is 321 g/mol. The molecular weight excluding hydrogens is 296 g/mol. The third-order valence-electron chi connectivity index (χ3n) is 3.32. The zero-order chi connectivity index (χ0) is 17.2. The Balaban J connectivity index is 2.36. The predicted molar refractivity (Wildman–Crippen MR) is 86.3 cm³/mol. The lowest BCUT2D eigenvalue weighted by Gasteiger charge is -2.21. The highest BCUT2D eigenvalue weighted by molar-refractivity contribution is 5.88. The normalized spacial score (nSPS) is 10.0. The van der Waals surface area contributed by atoms with Crippen molar-refractivity contribution >= 4 is 17.7 Å². The Labute approximate surface area is 136 Å². The van der Waals surface area contributed by atoms with E-state index in [-0.39, 0.29) is 30.8 Å². The van der Waals surface area contributed by atoms with Crippen molar-refractivity contribution in [3.63, 3.8) is 0 Å². The summed E-state index contributed by atoms with van der Waals surface area (Å²) in [5, 5.41) is 4.50. The first-order valence-electron chi connectivity index (χ1n) is 7.50. The molecule has 0 fully saturated rings. The molecule has 1 aromatic rings. The van der Waals surface area contributed by atoms with Crippen molar-refractivity contribution in [3.8, 4) is 0 Å². The molecule has 0 atom stereocenters.